The van der Waals surface area contributed by atoms with E-state index in [1.54, 1.807) is 29.2 Å². The van der Waals surface area contributed by atoms with Crippen molar-refractivity contribution in [1.82, 2.24) is 9.88 Å². The summed E-state index contributed by atoms with van der Waals surface area (Å²) in [4.78, 5) is 44.9. The number of carbonyl (C=O) groups excluding carboxylic acids is 3. The fourth-order valence-corrected chi connectivity index (χ4v) is 5.60. The van der Waals surface area contributed by atoms with Crippen molar-refractivity contribution in [2.24, 2.45) is 0 Å². The van der Waals surface area contributed by atoms with Gasteiger partial charge in [0.1, 0.15) is 20.7 Å². The smallest absolute Gasteiger partial charge is 0.337 e. The monoisotopic (exact) mass is 564 g/mol. The van der Waals surface area contributed by atoms with E-state index in [1.165, 1.54) is 7.11 Å². The summed E-state index contributed by atoms with van der Waals surface area (Å²) in [5, 5.41) is 0.986. The third kappa shape index (κ3) is 5.96. The molecule has 208 valence electrons. The molecule has 0 saturated heterocycles. The highest BCUT2D eigenvalue weighted by atomic mass is 28.3. The molecule has 7 nitrogen and oxygen atoms in total. The van der Waals surface area contributed by atoms with Gasteiger partial charge in [-0.3, -0.25) is 4.79 Å². The van der Waals surface area contributed by atoms with Gasteiger partial charge >= 0.3 is 11.9 Å². The molecule has 5 rings (SSSR count). The summed E-state index contributed by atoms with van der Waals surface area (Å²) in [6.45, 7) is 6.29. The lowest BCUT2D eigenvalue weighted by molar-refractivity contribution is -0.156. The highest BCUT2D eigenvalue weighted by molar-refractivity contribution is 6.84. The van der Waals surface area contributed by atoms with Crippen molar-refractivity contribution in [3.05, 3.63) is 107 Å². The molecule has 1 aliphatic rings. The number of esters is 2. The first-order valence-corrected chi connectivity index (χ1v) is 17.0. The first-order chi connectivity index (χ1) is 19.7. The van der Waals surface area contributed by atoms with E-state index in [2.05, 4.69) is 36.1 Å². The second kappa shape index (κ2) is 11.5. The number of rotatable bonds is 5. The summed E-state index contributed by atoms with van der Waals surface area (Å²) in [5.74, 6) is 1.46. The van der Waals surface area contributed by atoms with Crippen LogP contribution in [0.1, 0.15) is 38.8 Å². The molecule has 1 amide bonds. The lowest BCUT2D eigenvalue weighted by Gasteiger charge is -2.40. The van der Waals surface area contributed by atoms with Gasteiger partial charge in [0.05, 0.1) is 18.7 Å². The summed E-state index contributed by atoms with van der Waals surface area (Å²) in [6.07, 6.45) is 0.282. The third-order valence-corrected chi connectivity index (χ3v) is 7.93. The molecule has 4 aromatic rings. The molecule has 0 fully saturated rings. The van der Waals surface area contributed by atoms with Crippen LogP contribution in [0.25, 0.3) is 10.9 Å². The Kier molecular flexibility index (Phi) is 7.82. The fraction of sp³-hybridized carbons (Fsp3) is 0.242. The number of fused-ring (bicyclic) bond motifs is 3. The molecule has 8 heteroatoms. The van der Waals surface area contributed by atoms with Crippen LogP contribution in [0, 0.1) is 11.5 Å². The predicted molar refractivity (Wildman–Crippen MR) is 160 cm³/mol. The minimum atomic E-state index is -1.90. The van der Waals surface area contributed by atoms with Gasteiger partial charge in [-0.25, -0.2) is 9.59 Å². The Bertz CT molecular complexity index is 1660. The standard InChI is InChI=1S/C33H32N2O5Si/c1-39-32(37)24-16-14-23(15-17-24)31-30-26(25-12-8-9-13-27(25)34-30)20-28(35(31)29(36)18-19-41(2,3)4)33(38)40-21-22-10-6-5-7-11-22/h5-17,28,31,34H,20-21H2,1-4H3/t28-,31-/m1/s1. The number of methoxy groups -OCH3 is 1. The van der Waals surface area contributed by atoms with Gasteiger partial charge in [-0.1, -0.05) is 80.3 Å². The molecule has 2 heterocycles. The second-order valence-corrected chi connectivity index (χ2v) is 15.9. The second-order valence-electron chi connectivity index (χ2n) is 11.1. The van der Waals surface area contributed by atoms with E-state index in [9.17, 15) is 14.4 Å². The van der Waals surface area contributed by atoms with Gasteiger partial charge in [0.15, 0.2) is 0 Å². The number of nitrogens with zero attached hydrogens (tertiary/aromatic N) is 1. The molecule has 1 aliphatic heterocycles. The number of aromatic amines is 1. The van der Waals surface area contributed by atoms with Crippen molar-refractivity contribution in [3.8, 4) is 11.5 Å². The average molecular weight is 565 g/mol. The van der Waals surface area contributed by atoms with Crippen LogP contribution < -0.4 is 0 Å². The van der Waals surface area contributed by atoms with Gasteiger partial charge in [-0.05, 0) is 40.8 Å². The first kappa shape index (κ1) is 27.9. The molecule has 41 heavy (non-hydrogen) atoms. The summed E-state index contributed by atoms with van der Waals surface area (Å²) in [7, 11) is -0.569. The topological polar surface area (TPSA) is 88.7 Å². The van der Waals surface area contributed by atoms with Crippen LogP contribution in [0.2, 0.25) is 19.6 Å². The molecule has 0 saturated carbocycles. The van der Waals surface area contributed by atoms with Crippen LogP contribution in [0.5, 0.6) is 0 Å². The number of hydrogen-bond acceptors (Lipinski definition) is 5. The van der Waals surface area contributed by atoms with Crippen LogP contribution in [-0.2, 0) is 32.1 Å². The summed E-state index contributed by atoms with van der Waals surface area (Å²) < 4.78 is 10.7. The van der Waals surface area contributed by atoms with Crippen molar-refractivity contribution >= 4 is 36.8 Å². The Morgan fingerprint density at radius 3 is 2.32 bits per heavy atom. The average Bonchev–Trinajstić information content (AvgIpc) is 3.36. The number of H-pyrrole nitrogens is 1. The van der Waals surface area contributed by atoms with E-state index in [-0.39, 0.29) is 13.0 Å². The van der Waals surface area contributed by atoms with E-state index in [4.69, 9.17) is 9.47 Å². The molecule has 3 aromatic carbocycles. The van der Waals surface area contributed by atoms with E-state index in [0.29, 0.717) is 5.56 Å². The van der Waals surface area contributed by atoms with E-state index in [1.807, 2.05) is 54.6 Å². The largest absolute Gasteiger partial charge is 0.465 e. The normalized spacial score (nSPS) is 16.3. The van der Waals surface area contributed by atoms with Crippen LogP contribution in [0.15, 0.2) is 78.9 Å². The minimum absolute atomic E-state index is 0.0953. The number of para-hydroxylation sites is 1. The summed E-state index contributed by atoms with van der Waals surface area (Å²) in [6, 6.07) is 22.7. The molecule has 0 unspecified atom stereocenters. The zero-order valence-corrected chi connectivity index (χ0v) is 24.6. The van der Waals surface area contributed by atoms with Gasteiger partial charge in [0.25, 0.3) is 5.91 Å². The SMILES string of the molecule is COC(=O)c1ccc([C@@H]2c3[nH]c4ccccc4c3C[C@H](C(=O)OCc3ccccc3)N2C(=O)C#C[Si](C)(C)C)cc1. The molecule has 0 spiro atoms. The molecular weight excluding hydrogens is 532 g/mol. The summed E-state index contributed by atoms with van der Waals surface area (Å²) in [5.41, 5.74) is 7.81. The van der Waals surface area contributed by atoms with Gasteiger partial charge < -0.3 is 19.4 Å². The quantitative estimate of drug-likeness (QED) is 0.199. The molecule has 2 atom stereocenters. The predicted octanol–water partition coefficient (Wildman–Crippen LogP) is 5.42. The third-order valence-electron chi connectivity index (χ3n) is 7.05. The van der Waals surface area contributed by atoms with Gasteiger partial charge in [-0.15, -0.1) is 5.54 Å². The number of nitrogens with one attached hydrogen (secondary N) is 1. The molecular formula is C33H32N2O5Si. The number of benzene rings is 3. The highest BCUT2D eigenvalue weighted by Crippen LogP contribution is 2.41. The Morgan fingerprint density at radius 1 is 0.951 bits per heavy atom. The van der Waals surface area contributed by atoms with Crippen molar-refractivity contribution in [2.75, 3.05) is 7.11 Å². The lowest BCUT2D eigenvalue weighted by atomic mass is 9.87. The molecule has 0 bridgehead atoms. The molecule has 1 aromatic heterocycles. The number of ether oxygens (including phenoxy) is 2. The van der Waals surface area contributed by atoms with Crippen molar-refractivity contribution < 1.29 is 23.9 Å². The van der Waals surface area contributed by atoms with Crippen molar-refractivity contribution in [2.45, 2.75) is 44.8 Å². The number of aromatic nitrogens is 1. The van der Waals surface area contributed by atoms with Crippen molar-refractivity contribution in [3.63, 3.8) is 0 Å². The maximum Gasteiger partial charge on any atom is 0.337 e. The minimum Gasteiger partial charge on any atom is -0.465 e. The molecule has 0 radical (unpaired) electrons. The van der Waals surface area contributed by atoms with E-state index >= 15 is 0 Å². The van der Waals surface area contributed by atoms with Crippen LogP contribution in [-0.4, -0.2) is 49.0 Å². The van der Waals surface area contributed by atoms with Gasteiger partial charge in [-0.2, -0.15) is 0 Å². The Balaban J connectivity index is 1.64. The lowest BCUT2D eigenvalue weighted by Crippen LogP contribution is -2.51. The molecule has 0 aliphatic carbocycles. The van der Waals surface area contributed by atoms with E-state index in [0.717, 1.165) is 33.3 Å². The zero-order chi connectivity index (χ0) is 29.1. The van der Waals surface area contributed by atoms with E-state index < -0.39 is 38.0 Å². The number of carbonyl (C=O) groups is 3. The zero-order valence-electron chi connectivity index (χ0n) is 23.6. The number of hydrogen-bond donors (Lipinski definition) is 1. The Hall–Kier alpha value is -4.61. The fourth-order valence-electron chi connectivity index (χ4n) is 5.12. The van der Waals surface area contributed by atoms with Crippen molar-refractivity contribution in [1.29, 1.82) is 0 Å². The Labute approximate surface area is 240 Å². The number of amides is 1. The first-order valence-electron chi connectivity index (χ1n) is 13.5. The maximum absolute atomic E-state index is 13.9. The van der Waals surface area contributed by atoms with Crippen LogP contribution in [0.3, 0.4) is 0 Å². The van der Waals surface area contributed by atoms with Gasteiger partial charge in [0, 0.05) is 23.0 Å². The summed E-state index contributed by atoms with van der Waals surface area (Å²) >= 11 is 0. The molecule has 1 N–H and O–H groups in total. The Morgan fingerprint density at radius 2 is 1.63 bits per heavy atom. The van der Waals surface area contributed by atoms with Crippen LogP contribution >= 0.6 is 0 Å². The highest BCUT2D eigenvalue weighted by Gasteiger charge is 2.44. The van der Waals surface area contributed by atoms with Crippen LogP contribution in [0.4, 0.5) is 0 Å². The maximum atomic E-state index is 13.9. The van der Waals surface area contributed by atoms with Gasteiger partial charge in [0.2, 0.25) is 0 Å².